The molecule has 1 aromatic carbocycles. The molecule has 6 rings (SSSR count). The first-order valence-electron chi connectivity index (χ1n) is 10.8. The Morgan fingerprint density at radius 1 is 1.20 bits per heavy atom. The zero-order chi connectivity index (χ0) is 21.4. The van der Waals surface area contributed by atoms with E-state index in [1.165, 1.54) is 31.9 Å². The van der Waals surface area contributed by atoms with Crippen LogP contribution >= 0.6 is 27.9 Å². The Bertz CT molecular complexity index is 784. The third-order valence-electron chi connectivity index (χ3n) is 7.44. The Hall–Kier alpha value is -0.890. The molecule has 5 aliphatic carbocycles. The van der Waals surface area contributed by atoms with Gasteiger partial charge in [-0.05, 0) is 110 Å². The number of ether oxygens (including phenoxy) is 1. The Morgan fingerprint density at radius 2 is 1.87 bits per heavy atom. The fraction of sp³-hybridized carbons (Fsp3) is 0.652. The van der Waals surface area contributed by atoms with Gasteiger partial charge in [0, 0.05) is 15.4 Å². The van der Waals surface area contributed by atoms with Crippen molar-refractivity contribution in [1.29, 1.82) is 0 Å². The predicted octanol–water partition coefficient (Wildman–Crippen LogP) is 4.35. The number of rotatable bonds is 6. The molecule has 5 aliphatic rings. The molecule has 0 amide bonds. The van der Waals surface area contributed by atoms with Crippen LogP contribution in [0.4, 0.5) is 0 Å². The van der Waals surface area contributed by atoms with Gasteiger partial charge >= 0.3 is 5.97 Å². The Balaban J connectivity index is 0.000000147. The molecule has 5 saturated carbocycles. The van der Waals surface area contributed by atoms with E-state index in [4.69, 9.17) is 4.74 Å². The van der Waals surface area contributed by atoms with E-state index in [-0.39, 0.29) is 16.9 Å². The average Bonchev–Trinajstić information content (AvgIpc) is 3.53. The van der Waals surface area contributed by atoms with E-state index >= 15 is 0 Å². The highest BCUT2D eigenvalue weighted by Crippen LogP contribution is 2.60. The van der Waals surface area contributed by atoms with Gasteiger partial charge in [0.1, 0.15) is 6.29 Å². The van der Waals surface area contributed by atoms with Crippen molar-refractivity contribution in [3.8, 4) is 0 Å². The van der Waals surface area contributed by atoms with Gasteiger partial charge in [-0.2, -0.15) is 0 Å². The van der Waals surface area contributed by atoms with Crippen molar-refractivity contribution < 1.29 is 14.3 Å². The molecule has 0 saturated heterocycles. The zero-order valence-electron chi connectivity index (χ0n) is 17.7. The van der Waals surface area contributed by atoms with E-state index in [1.54, 1.807) is 0 Å². The first-order valence-corrected chi connectivity index (χ1v) is 12.5. The number of methoxy groups -OCH3 is 1. The van der Waals surface area contributed by atoms with Gasteiger partial charge in [-0.1, -0.05) is 12.1 Å². The highest BCUT2D eigenvalue weighted by Gasteiger charge is 2.58. The van der Waals surface area contributed by atoms with E-state index in [2.05, 4.69) is 33.0 Å². The fourth-order valence-corrected chi connectivity index (χ4v) is 7.43. The third kappa shape index (κ3) is 4.36. The minimum atomic E-state index is -0.250. The Kier molecular flexibility index (Phi) is 6.64. The van der Waals surface area contributed by atoms with Gasteiger partial charge in [0.25, 0.3) is 0 Å². The van der Waals surface area contributed by atoms with Gasteiger partial charge in [0.2, 0.25) is 0 Å². The summed E-state index contributed by atoms with van der Waals surface area (Å²) in [6.07, 6.45) is 8.75. The standard InChI is InChI=1S/C13H21NO2.C10H10BrNOS/c1-14-11-9-3-8-4-10(11)7-13(5-8,6-9)12(15)16-2;11-8-3-1-2-4-9(8)14-12-10(7-13)5-6-10/h8-11,14H,3-7H2,1-2H3;1-4,7,12H,5-6H2. The molecule has 0 aliphatic heterocycles. The lowest BCUT2D eigenvalue weighted by Crippen LogP contribution is -2.59. The minimum absolute atomic E-state index is 0.0569. The SMILES string of the molecule is CNC1C2CC3CC1CC(C(=O)OC)(C3)C2.O=CC1(NSc2ccccc2Br)CC1. The van der Waals surface area contributed by atoms with Crippen LogP contribution in [0.25, 0.3) is 0 Å². The van der Waals surface area contributed by atoms with Gasteiger partial charge in [-0.15, -0.1) is 0 Å². The van der Waals surface area contributed by atoms with E-state index in [1.807, 2.05) is 24.3 Å². The van der Waals surface area contributed by atoms with Crippen molar-refractivity contribution in [3.05, 3.63) is 28.7 Å². The molecule has 5 fully saturated rings. The second kappa shape index (κ2) is 8.93. The van der Waals surface area contributed by atoms with Crippen molar-refractivity contribution in [2.24, 2.45) is 23.2 Å². The maximum atomic E-state index is 12.0. The fourth-order valence-electron chi connectivity index (χ4n) is 6.02. The summed E-state index contributed by atoms with van der Waals surface area (Å²) < 4.78 is 9.29. The van der Waals surface area contributed by atoms with Crippen molar-refractivity contribution in [2.45, 2.75) is 61.4 Å². The van der Waals surface area contributed by atoms with Crippen LogP contribution < -0.4 is 10.0 Å². The van der Waals surface area contributed by atoms with Crippen molar-refractivity contribution in [1.82, 2.24) is 10.0 Å². The largest absolute Gasteiger partial charge is 0.469 e. The van der Waals surface area contributed by atoms with Gasteiger partial charge in [-0.3, -0.25) is 4.79 Å². The number of benzene rings is 1. The van der Waals surface area contributed by atoms with Crippen LogP contribution in [-0.2, 0) is 14.3 Å². The molecule has 2 unspecified atom stereocenters. The molecule has 1 aromatic rings. The van der Waals surface area contributed by atoms with E-state index in [0.717, 1.165) is 53.7 Å². The number of carbonyl (C=O) groups excluding carboxylic acids is 2. The van der Waals surface area contributed by atoms with Crippen LogP contribution in [0.15, 0.2) is 33.6 Å². The topological polar surface area (TPSA) is 67.4 Å². The van der Waals surface area contributed by atoms with Gasteiger partial charge in [0.05, 0.1) is 18.1 Å². The molecule has 5 nitrogen and oxygen atoms in total. The molecule has 0 heterocycles. The highest BCUT2D eigenvalue weighted by atomic mass is 79.9. The third-order valence-corrected chi connectivity index (χ3v) is 9.48. The molecule has 2 N–H and O–H groups in total. The Morgan fingerprint density at radius 3 is 2.40 bits per heavy atom. The van der Waals surface area contributed by atoms with Crippen LogP contribution in [0, 0.1) is 23.2 Å². The van der Waals surface area contributed by atoms with E-state index in [0.29, 0.717) is 17.9 Å². The number of halogens is 1. The Labute approximate surface area is 191 Å². The second-order valence-electron chi connectivity index (χ2n) is 9.46. The van der Waals surface area contributed by atoms with Crippen LogP contribution in [0.2, 0.25) is 0 Å². The zero-order valence-corrected chi connectivity index (χ0v) is 20.1. The highest BCUT2D eigenvalue weighted by molar-refractivity contribution is 9.10. The molecule has 0 radical (unpaired) electrons. The molecular weight excluding hydrogens is 464 g/mol. The molecule has 7 heteroatoms. The summed E-state index contributed by atoms with van der Waals surface area (Å²) in [5, 5.41) is 3.47. The quantitative estimate of drug-likeness (QED) is 0.348. The number of hydrogen-bond acceptors (Lipinski definition) is 6. The summed E-state index contributed by atoms with van der Waals surface area (Å²) >= 11 is 4.97. The summed E-state index contributed by atoms with van der Waals surface area (Å²) in [4.78, 5) is 23.8. The summed E-state index contributed by atoms with van der Waals surface area (Å²) in [5.74, 6) is 2.24. The van der Waals surface area contributed by atoms with Gasteiger partial charge in [-0.25, -0.2) is 4.72 Å². The monoisotopic (exact) mass is 494 g/mol. The van der Waals surface area contributed by atoms with E-state index < -0.39 is 0 Å². The smallest absolute Gasteiger partial charge is 0.311 e. The van der Waals surface area contributed by atoms with Gasteiger partial charge in [0.15, 0.2) is 0 Å². The molecule has 0 spiro atoms. The lowest BCUT2D eigenvalue weighted by Gasteiger charge is -2.58. The summed E-state index contributed by atoms with van der Waals surface area (Å²) in [5.41, 5.74) is -0.363. The lowest BCUT2D eigenvalue weighted by atomic mass is 9.48. The number of carbonyl (C=O) groups is 2. The normalized spacial score (nSPS) is 34.6. The van der Waals surface area contributed by atoms with Crippen LogP contribution in [0.5, 0.6) is 0 Å². The summed E-state index contributed by atoms with van der Waals surface area (Å²) in [6, 6.07) is 8.61. The lowest BCUT2D eigenvalue weighted by molar-refractivity contribution is -0.170. The van der Waals surface area contributed by atoms with E-state index in [9.17, 15) is 9.59 Å². The summed E-state index contributed by atoms with van der Waals surface area (Å²) in [6.45, 7) is 0. The molecular formula is C23H31BrN2O3S. The number of hydrogen-bond donors (Lipinski definition) is 2. The van der Waals surface area contributed by atoms with Crippen molar-refractivity contribution in [3.63, 3.8) is 0 Å². The number of nitrogens with one attached hydrogen (secondary N) is 2. The van der Waals surface area contributed by atoms with Crippen LogP contribution in [0.1, 0.15) is 44.9 Å². The first-order chi connectivity index (χ1) is 14.4. The average molecular weight is 495 g/mol. The van der Waals surface area contributed by atoms with Crippen LogP contribution in [-0.4, -0.2) is 38.0 Å². The molecule has 30 heavy (non-hydrogen) atoms. The predicted molar refractivity (Wildman–Crippen MR) is 122 cm³/mol. The summed E-state index contributed by atoms with van der Waals surface area (Å²) in [7, 11) is 3.61. The molecule has 2 atom stereocenters. The number of aldehydes is 1. The maximum absolute atomic E-state index is 12.0. The van der Waals surface area contributed by atoms with Gasteiger partial charge < -0.3 is 14.8 Å². The first kappa shape index (κ1) is 22.3. The minimum Gasteiger partial charge on any atom is -0.469 e. The number of esters is 1. The molecule has 164 valence electrons. The molecule has 4 bridgehead atoms. The van der Waals surface area contributed by atoms with Crippen molar-refractivity contribution in [2.75, 3.05) is 14.2 Å². The molecule has 0 aromatic heterocycles. The second-order valence-corrected chi connectivity index (χ2v) is 11.2. The maximum Gasteiger partial charge on any atom is 0.311 e. The van der Waals surface area contributed by atoms with Crippen LogP contribution in [0.3, 0.4) is 0 Å². The van der Waals surface area contributed by atoms with Crippen molar-refractivity contribution >= 4 is 40.1 Å².